The second-order valence-corrected chi connectivity index (χ2v) is 3.19. The fraction of sp³-hybridized carbons (Fsp3) is 0.889. The third-order valence-corrected chi connectivity index (χ3v) is 2.00. The molecule has 1 unspecified atom stereocenters. The molecule has 0 aliphatic carbocycles. The van der Waals surface area contributed by atoms with Crippen LogP contribution in [0.2, 0.25) is 0 Å². The van der Waals surface area contributed by atoms with Gasteiger partial charge in [-0.3, -0.25) is 4.79 Å². The highest BCUT2D eigenvalue weighted by Gasteiger charge is 2.15. The Kier molecular flexibility index (Phi) is 6.54. The van der Waals surface area contributed by atoms with E-state index in [0.29, 0.717) is 6.42 Å². The van der Waals surface area contributed by atoms with Crippen molar-refractivity contribution in [2.24, 2.45) is 5.73 Å². The molecule has 0 saturated carbocycles. The van der Waals surface area contributed by atoms with Crippen molar-refractivity contribution in [3.63, 3.8) is 0 Å². The third kappa shape index (κ3) is 4.85. The van der Waals surface area contributed by atoms with Gasteiger partial charge in [-0.1, -0.05) is 20.3 Å². The molecule has 4 nitrogen and oxygen atoms in total. The molecule has 0 aromatic heterocycles. The molecule has 0 aromatic rings. The summed E-state index contributed by atoms with van der Waals surface area (Å²) >= 11 is 0. The first-order valence-electron chi connectivity index (χ1n) is 4.82. The maximum Gasteiger partial charge on any atom is 0.237 e. The van der Waals surface area contributed by atoms with E-state index in [0.717, 1.165) is 12.8 Å². The van der Waals surface area contributed by atoms with E-state index in [4.69, 9.17) is 10.8 Å². The summed E-state index contributed by atoms with van der Waals surface area (Å²) in [6.45, 7) is 3.87. The van der Waals surface area contributed by atoms with Crippen molar-refractivity contribution >= 4 is 5.91 Å². The molecule has 78 valence electrons. The number of carbonyl (C=O) groups excluding carboxylic acids is 1. The Bertz CT molecular complexity index is 147. The molecule has 0 spiro atoms. The average molecular weight is 188 g/mol. The summed E-state index contributed by atoms with van der Waals surface area (Å²) in [6.07, 6.45) is 2.30. The normalized spacial score (nSPS) is 15.1. The number of nitrogens with two attached hydrogens (primary N) is 1. The zero-order valence-electron chi connectivity index (χ0n) is 8.42. The second kappa shape index (κ2) is 6.86. The van der Waals surface area contributed by atoms with Crippen LogP contribution in [0.15, 0.2) is 0 Å². The first-order chi connectivity index (χ1) is 6.15. The Labute approximate surface area is 79.5 Å². The van der Waals surface area contributed by atoms with Gasteiger partial charge in [-0.15, -0.1) is 0 Å². The predicted molar refractivity (Wildman–Crippen MR) is 52.2 cm³/mol. The molecule has 0 saturated heterocycles. The molecule has 0 rings (SSSR count). The Morgan fingerprint density at radius 2 is 2.15 bits per heavy atom. The zero-order chi connectivity index (χ0) is 10.3. The molecule has 0 bridgehead atoms. The van der Waals surface area contributed by atoms with E-state index in [1.54, 1.807) is 0 Å². The van der Waals surface area contributed by atoms with Gasteiger partial charge >= 0.3 is 0 Å². The van der Waals surface area contributed by atoms with Gasteiger partial charge < -0.3 is 16.2 Å². The standard InChI is InChI=1S/C9H20N2O2/c1-3-5-8(10)9(13)11-7(4-2)6-12/h7-8,12H,3-6,10H2,1-2H3,(H,11,13)/t7-,8?/m1/s1. The number of aliphatic hydroxyl groups is 1. The van der Waals surface area contributed by atoms with Crippen LogP contribution in [0, 0.1) is 0 Å². The number of nitrogens with one attached hydrogen (secondary N) is 1. The highest BCUT2D eigenvalue weighted by molar-refractivity contribution is 5.81. The number of aliphatic hydroxyl groups excluding tert-OH is 1. The Balaban J connectivity index is 3.83. The lowest BCUT2D eigenvalue weighted by atomic mass is 10.1. The van der Waals surface area contributed by atoms with E-state index < -0.39 is 6.04 Å². The van der Waals surface area contributed by atoms with Crippen LogP contribution in [-0.2, 0) is 4.79 Å². The fourth-order valence-corrected chi connectivity index (χ4v) is 1.03. The third-order valence-electron chi connectivity index (χ3n) is 2.00. The van der Waals surface area contributed by atoms with Crippen LogP contribution in [0.5, 0.6) is 0 Å². The summed E-state index contributed by atoms with van der Waals surface area (Å²) < 4.78 is 0. The molecule has 13 heavy (non-hydrogen) atoms. The molecule has 0 aromatic carbocycles. The zero-order valence-corrected chi connectivity index (χ0v) is 8.42. The van der Waals surface area contributed by atoms with E-state index >= 15 is 0 Å². The summed E-state index contributed by atoms with van der Waals surface area (Å²) in [7, 11) is 0. The van der Waals surface area contributed by atoms with E-state index in [1.165, 1.54) is 0 Å². The maximum absolute atomic E-state index is 11.3. The molecular weight excluding hydrogens is 168 g/mol. The summed E-state index contributed by atoms with van der Waals surface area (Å²) in [5.74, 6) is -0.164. The lowest BCUT2D eigenvalue weighted by Crippen LogP contribution is -2.46. The topological polar surface area (TPSA) is 75.4 Å². The van der Waals surface area contributed by atoms with Crippen molar-refractivity contribution in [1.29, 1.82) is 0 Å². The largest absolute Gasteiger partial charge is 0.394 e. The number of amides is 1. The summed E-state index contributed by atoms with van der Waals surface area (Å²) in [5, 5.41) is 11.5. The van der Waals surface area contributed by atoms with E-state index in [-0.39, 0.29) is 18.6 Å². The number of hydrogen-bond donors (Lipinski definition) is 3. The van der Waals surface area contributed by atoms with Gasteiger partial charge in [0.25, 0.3) is 0 Å². The lowest BCUT2D eigenvalue weighted by Gasteiger charge is -2.17. The van der Waals surface area contributed by atoms with Crippen LogP contribution in [-0.4, -0.2) is 29.7 Å². The van der Waals surface area contributed by atoms with Crippen LogP contribution in [0.1, 0.15) is 33.1 Å². The van der Waals surface area contributed by atoms with Crippen LogP contribution < -0.4 is 11.1 Å². The predicted octanol–water partition coefficient (Wildman–Crippen LogP) is 0.000900. The lowest BCUT2D eigenvalue weighted by molar-refractivity contribution is -0.123. The molecule has 0 aliphatic heterocycles. The molecule has 4 N–H and O–H groups in total. The Hall–Kier alpha value is -0.610. The van der Waals surface area contributed by atoms with Gasteiger partial charge in [-0.2, -0.15) is 0 Å². The Morgan fingerprint density at radius 1 is 1.54 bits per heavy atom. The minimum atomic E-state index is -0.439. The van der Waals surface area contributed by atoms with Crippen LogP contribution >= 0.6 is 0 Å². The molecule has 4 heteroatoms. The molecule has 0 heterocycles. The quantitative estimate of drug-likeness (QED) is 0.549. The van der Waals surface area contributed by atoms with Gasteiger partial charge in [0, 0.05) is 0 Å². The molecule has 0 radical (unpaired) electrons. The van der Waals surface area contributed by atoms with Crippen LogP contribution in [0.3, 0.4) is 0 Å². The van der Waals surface area contributed by atoms with E-state index in [1.807, 2.05) is 13.8 Å². The SMILES string of the molecule is CCCC(N)C(=O)N[C@H](CC)CO. The minimum absolute atomic E-state index is 0.0267. The summed E-state index contributed by atoms with van der Waals surface area (Å²) in [4.78, 5) is 11.3. The first kappa shape index (κ1) is 12.4. The van der Waals surface area contributed by atoms with Crippen LogP contribution in [0.4, 0.5) is 0 Å². The van der Waals surface area contributed by atoms with Crippen molar-refractivity contribution in [1.82, 2.24) is 5.32 Å². The monoisotopic (exact) mass is 188 g/mol. The number of rotatable bonds is 6. The van der Waals surface area contributed by atoms with Crippen LogP contribution in [0.25, 0.3) is 0 Å². The van der Waals surface area contributed by atoms with Crippen molar-refractivity contribution in [2.45, 2.75) is 45.2 Å². The second-order valence-electron chi connectivity index (χ2n) is 3.19. The maximum atomic E-state index is 11.3. The highest BCUT2D eigenvalue weighted by atomic mass is 16.3. The van der Waals surface area contributed by atoms with Gasteiger partial charge in [0.2, 0.25) is 5.91 Å². The average Bonchev–Trinajstić information content (AvgIpc) is 2.14. The Morgan fingerprint density at radius 3 is 2.54 bits per heavy atom. The van der Waals surface area contributed by atoms with Crippen molar-refractivity contribution in [3.05, 3.63) is 0 Å². The highest BCUT2D eigenvalue weighted by Crippen LogP contribution is 1.95. The van der Waals surface area contributed by atoms with E-state index in [9.17, 15) is 4.79 Å². The molecular formula is C9H20N2O2. The van der Waals surface area contributed by atoms with Gasteiger partial charge in [0.05, 0.1) is 18.7 Å². The molecule has 0 aliphatic rings. The summed E-state index contributed by atoms with van der Waals surface area (Å²) in [5.41, 5.74) is 5.59. The summed E-state index contributed by atoms with van der Waals surface area (Å²) in [6, 6.07) is -0.596. The van der Waals surface area contributed by atoms with Crippen molar-refractivity contribution in [3.8, 4) is 0 Å². The molecule has 1 amide bonds. The van der Waals surface area contributed by atoms with Gasteiger partial charge in [-0.05, 0) is 12.8 Å². The van der Waals surface area contributed by atoms with Gasteiger partial charge in [0.15, 0.2) is 0 Å². The fourth-order valence-electron chi connectivity index (χ4n) is 1.03. The van der Waals surface area contributed by atoms with E-state index in [2.05, 4.69) is 5.32 Å². The minimum Gasteiger partial charge on any atom is -0.394 e. The smallest absolute Gasteiger partial charge is 0.237 e. The first-order valence-corrected chi connectivity index (χ1v) is 4.82. The van der Waals surface area contributed by atoms with Gasteiger partial charge in [-0.25, -0.2) is 0 Å². The molecule has 2 atom stereocenters. The van der Waals surface area contributed by atoms with Crippen molar-refractivity contribution in [2.75, 3.05) is 6.61 Å². The van der Waals surface area contributed by atoms with Gasteiger partial charge in [0.1, 0.15) is 0 Å². The number of carbonyl (C=O) groups is 1. The van der Waals surface area contributed by atoms with Crippen molar-refractivity contribution < 1.29 is 9.90 Å². The molecule has 0 fully saturated rings. The number of hydrogen-bond acceptors (Lipinski definition) is 3.